The first-order chi connectivity index (χ1) is 10.2. The molecule has 0 aromatic rings. The van der Waals surface area contributed by atoms with Crippen LogP contribution in [0.1, 0.15) is 58.3 Å². The van der Waals surface area contributed by atoms with E-state index in [0.29, 0.717) is 6.04 Å². The lowest BCUT2D eigenvalue weighted by Crippen LogP contribution is -2.52. The van der Waals surface area contributed by atoms with Crippen molar-refractivity contribution < 1.29 is 4.74 Å². The van der Waals surface area contributed by atoms with Crippen LogP contribution in [-0.2, 0) is 4.74 Å². The van der Waals surface area contributed by atoms with Gasteiger partial charge in [0.2, 0.25) is 0 Å². The van der Waals surface area contributed by atoms with Crippen LogP contribution in [0.25, 0.3) is 0 Å². The lowest BCUT2D eigenvalue weighted by atomic mass is 9.81. The molecule has 2 aliphatic carbocycles. The molecule has 0 amide bonds. The Morgan fingerprint density at radius 1 is 1.14 bits per heavy atom. The number of nitrogens with one attached hydrogen (secondary N) is 1. The molecule has 2 aliphatic heterocycles. The van der Waals surface area contributed by atoms with Crippen LogP contribution in [0.3, 0.4) is 0 Å². The van der Waals surface area contributed by atoms with Gasteiger partial charge in [0.05, 0.1) is 5.60 Å². The highest BCUT2D eigenvalue weighted by Crippen LogP contribution is 2.49. The van der Waals surface area contributed by atoms with Gasteiger partial charge in [-0.25, -0.2) is 0 Å². The van der Waals surface area contributed by atoms with Crippen LogP contribution in [0.15, 0.2) is 0 Å². The molecule has 0 aromatic heterocycles. The third-order valence-electron chi connectivity index (χ3n) is 6.83. The molecule has 2 heterocycles. The van der Waals surface area contributed by atoms with Crippen molar-refractivity contribution >= 4 is 11.8 Å². The Morgan fingerprint density at radius 3 is 2.71 bits per heavy atom. The third kappa shape index (κ3) is 3.03. The maximum Gasteiger partial charge on any atom is 0.0713 e. The molecule has 120 valence electrons. The predicted octanol–water partition coefficient (Wildman–Crippen LogP) is 3.85. The van der Waals surface area contributed by atoms with Crippen molar-refractivity contribution in [2.45, 2.75) is 76.0 Å². The SMILES string of the molecule is CC(NC1CCOC2(CCSCC2)C1)C1CC2CCC1C2. The summed E-state index contributed by atoms with van der Waals surface area (Å²) in [4.78, 5) is 0. The van der Waals surface area contributed by atoms with Crippen molar-refractivity contribution in [2.24, 2.45) is 17.8 Å². The maximum atomic E-state index is 6.24. The zero-order valence-electron chi connectivity index (χ0n) is 13.5. The molecule has 1 spiro atoms. The number of rotatable bonds is 3. The topological polar surface area (TPSA) is 21.3 Å². The second-order valence-electron chi connectivity index (χ2n) is 8.13. The minimum atomic E-state index is 0.232. The van der Waals surface area contributed by atoms with Crippen LogP contribution in [-0.4, -0.2) is 35.8 Å². The van der Waals surface area contributed by atoms with Gasteiger partial charge in [-0.15, -0.1) is 0 Å². The average molecular weight is 310 g/mol. The first-order valence-corrected chi connectivity index (χ1v) is 10.4. The molecule has 0 radical (unpaired) electrons. The molecule has 3 heteroatoms. The highest BCUT2D eigenvalue weighted by Gasteiger charge is 2.43. The minimum absolute atomic E-state index is 0.232. The van der Waals surface area contributed by atoms with Crippen molar-refractivity contribution in [1.82, 2.24) is 5.32 Å². The molecule has 0 aromatic carbocycles. The molecular formula is C18H31NOS. The smallest absolute Gasteiger partial charge is 0.0713 e. The van der Waals surface area contributed by atoms with Crippen LogP contribution < -0.4 is 5.32 Å². The first-order valence-electron chi connectivity index (χ1n) is 9.22. The van der Waals surface area contributed by atoms with Gasteiger partial charge in [0.15, 0.2) is 0 Å². The summed E-state index contributed by atoms with van der Waals surface area (Å²) in [6.45, 7) is 3.44. The van der Waals surface area contributed by atoms with Gasteiger partial charge in [-0.05, 0) is 81.1 Å². The van der Waals surface area contributed by atoms with E-state index in [9.17, 15) is 0 Å². The van der Waals surface area contributed by atoms with Gasteiger partial charge in [-0.2, -0.15) is 11.8 Å². The number of hydrogen-bond acceptors (Lipinski definition) is 3. The molecule has 21 heavy (non-hydrogen) atoms. The summed E-state index contributed by atoms with van der Waals surface area (Å²) >= 11 is 2.11. The molecule has 2 saturated carbocycles. The van der Waals surface area contributed by atoms with E-state index >= 15 is 0 Å². The second-order valence-corrected chi connectivity index (χ2v) is 9.35. The van der Waals surface area contributed by atoms with Gasteiger partial charge < -0.3 is 10.1 Å². The normalized spacial score (nSPS) is 43.3. The third-order valence-corrected chi connectivity index (χ3v) is 7.82. The number of thioether (sulfide) groups is 1. The average Bonchev–Trinajstić information content (AvgIpc) is 3.11. The lowest BCUT2D eigenvalue weighted by molar-refractivity contribution is -0.0948. The van der Waals surface area contributed by atoms with Crippen molar-refractivity contribution in [3.63, 3.8) is 0 Å². The van der Waals surface area contributed by atoms with Crippen molar-refractivity contribution in [3.8, 4) is 0 Å². The molecule has 2 bridgehead atoms. The molecule has 2 saturated heterocycles. The fourth-order valence-corrected chi connectivity index (χ4v) is 6.90. The first kappa shape index (κ1) is 14.8. The van der Waals surface area contributed by atoms with Gasteiger partial charge in [0.25, 0.3) is 0 Å². The zero-order chi connectivity index (χ0) is 14.3. The van der Waals surface area contributed by atoms with Crippen molar-refractivity contribution in [1.29, 1.82) is 0 Å². The van der Waals surface area contributed by atoms with Crippen molar-refractivity contribution in [2.75, 3.05) is 18.1 Å². The molecule has 2 nitrogen and oxygen atoms in total. The Bertz CT molecular complexity index is 363. The summed E-state index contributed by atoms with van der Waals surface area (Å²) in [6, 6.07) is 1.43. The number of ether oxygens (including phenoxy) is 1. The summed E-state index contributed by atoms with van der Waals surface area (Å²) in [5.74, 6) is 5.67. The monoisotopic (exact) mass is 309 g/mol. The molecule has 5 atom stereocenters. The van der Waals surface area contributed by atoms with E-state index in [4.69, 9.17) is 4.74 Å². The fourth-order valence-electron chi connectivity index (χ4n) is 5.66. The minimum Gasteiger partial charge on any atom is -0.375 e. The highest BCUT2D eigenvalue weighted by atomic mass is 32.2. The Morgan fingerprint density at radius 2 is 2.00 bits per heavy atom. The number of fused-ring (bicyclic) bond motifs is 2. The summed E-state index contributed by atoms with van der Waals surface area (Å²) in [5, 5.41) is 4.03. The van der Waals surface area contributed by atoms with Gasteiger partial charge in [0, 0.05) is 18.7 Å². The van der Waals surface area contributed by atoms with Crippen LogP contribution in [0.2, 0.25) is 0 Å². The fraction of sp³-hybridized carbons (Fsp3) is 1.00. The van der Waals surface area contributed by atoms with Gasteiger partial charge in [-0.1, -0.05) is 6.42 Å². The van der Waals surface area contributed by atoms with E-state index in [0.717, 1.165) is 30.4 Å². The standard InChI is InChI=1S/C18H31NOS/c1-13(17-11-14-2-3-15(17)10-14)19-16-4-7-20-18(12-16)5-8-21-9-6-18/h13-17,19H,2-12H2,1H3. The Kier molecular flexibility index (Phi) is 4.27. The van der Waals surface area contributed by atoms with Crippen LogP contribution in [0.4, 0.5) is 0 Å². The van der Waals surface area contributed by atoms with Gasteiger partial charge >= 0.3 is 0 Å². The van der Waals surface area contributed by atoms with E-state index < -0.39 is 0 Å². The Balaban J connectivity index is 1.33. The summed E-state index contributed by atoms with van der Waals surface area (Å²) in [7, 11) is 0. The van der Waals surface area contributed by atoms with E-state index in [1.807, 2.05) is 0 Å². The van der Waals surface area contributed by atoms with E-state index in [1.54, 1.807) is 0 Å². The number of hydrogen-bond donors (Lipinski definition) is 1. The molecule has 4 fully saturated rings. The summed E-state index contributed by atoms with van der Waals surface area (Å²) in [6.07, 6.45) is 11.1. The lowest BCUT2D eigenvalue weighted by Gasteiger charge is -2.45. The highest BCUT2D eigenvalue weighted by molar-refractivity contribution is 7.99. The zero-order valence-corrected chi connectivity index (χ0v) is 14.3. The van der Waals surface area contributed by atoms with E-state index in [-0.39, 0.29) is 5.60 Å². The molecule has 4 rings (SSSR count). The van der Waals surface area contributed by atoms with Gasteiger partial charge in [-0.3, -0.25) is 0 Å². The quantitative estimate of drug-likeness (QED) is 0.856. The molecule has 4 aliphatic rings. The van der Waals surface area contributed by atoms with Crippen molar-refractivity contribution in [3.05, 3.63) is 0 Å². The Labute approximate surface area is 134 Å². The second kappa shape index (κ2) is 6.05. The van der Waals surface area contributed by atoms with Crippen LogP contribution in [0, 0.1) is 17.8 Å². The predicted molar refractivity (Wildman–Crippen MR) is 89.8 cm³/mol. The van der Waals surface area contributed by atoms with E-state index in [2.05, 4.69) is 24.0 Å². The summed E-state index contributed by atoms with van der Waals surface area (Å²) in [5.41, 5.74) is 0.232. The van der Waals surface area contributed by atoms with Crippen LogP contribution >= 0.6 is 11.8 Å². The molecule has 1 N–H and O–H groups in total. The van der Waals surface area contributed by atoms with E-state index in [1.165, 1.54) is 62.9 Å². The van der Waals surface area contributed by atoms with Crippen LogP contribution in [0.5, 0.6) is 0 Å². The van der Waals surface area contributed by atoms with Gasteiger partial charge in [0.1, 0.15) is 0 Å². The largest absolute Gasteiger partial charge is 0.375 e. The molecular weight excluding hydrogens is 278 g/mol. The maximum absolute atomic E-state index is 6.24. The Hall–Kier alpha value is 0.270. The molecule has 5 unspecified atom stereocenters. The summed E-state index contributed by atoms with van der Waals surface area (Å²) < 4.78 is 6.24.